The van der Waals surface area contributed by atoms with Gasteiger partial charge in [0.15, 0.2) is 0 Å². The van der Waals surface area contributed by atoms with Gasteiger partial charge in [-0.3, -0.25) is 4.79 Å². The van der Waals surface area contributed by atoms with Gasteiger partial charge in [0.25, 0.3) is 0 Å². The zero-order valence-corrected chi connectivity index (χ0v) is 13.6. The summed E-state index contributed by atoms with van der Waals surface area (Å²) in [6.45, 7) is 4.44. The molecule has 5 heteroatoms. The minimum Gasteiger partial charge on any atom is -0.342 e. The van der Waals surface area contributed by atoms with Crippen LogP contribution in [0.15, 0.2) is 18.2 Å². The van der Waals surface area contributed by atoms with E-state index in [0.29, 0.717) is 30.3 Å². The van der Waals surface area contributed by atoms with Crippen LogP contribution >= 0.6 is 11.6 Å². The fourth-order valence-corrected chi connectivity index (χ4v) is 3.25. The lowest BCUT2D eigenvalue weighted by molar-refractivity contribution is -0.134. The summed E-state index contributed by atoms with van der Waals surface area (Å²) in [5.41, 5.74) is 0.894. The predicted molar refractivity (Wildman–Crippen MR) is 85.1 cm³/mol. The number of amides is 1. The Morgan fingerprint density at radius 1 is 1.41 bits per heavy atom. The molecular formula is C17H22ClFN2O. The summed E-state index contributed by atoms with van der Waals surface area (Å²) in [6.07, 6.45) is 3.08. The van der Waals surface area contributed by atoms with E-state index in [4.69, 9.17) is 11.6 Å². The molecule has 0 radical (unpaired) electrons. The van der Waals surface area contributed by atoms with Crippen LogP contribution in [0.25, 0.3) is 0 Å². The summed E-state index contributed by atoms with van der Waals surface area (Å²) in [7, 11) is 0. The molecule has 1 aliphatic heterocycles. The molecule has 2 aliphatic rings. The lowest BCUT2D eigenvalue weighted by Crippen LogP contribution is -2.50. The second kappa shape index (κ2) is 6.55. The molecule has 2 unspecified atom stereocenters. The Kier molecular flexibility index (Phi) is 4.69. The first-order valence-corrected chi connectivity index (χ1v) is 8.38. The quantitative estimate of drug-likeness (QED) is 0.922. The van der Waals surface area contributed by atoms with Crippen LogP contribution in [0.3, 0.4) is 0 Å². The van der Waals surface area contributed by atoms with Crippen LogP contribution in [0, 0.1) is 17.7 Å². The molecule has 2 atom stereocenters. The van der Waals surface area contributed by atoms with Gasteiger partial charge in [0, 0.05) is 31.6 Å². The van der Waals surface area contributed by atoms with Crippen LogP contribution in [-0.4, -0.2) is 29.9 Å². The molecule has 3 rings (SSSR count). The maximum atomic E-state index is 13.4. The third-order valence-corrected chi connectivity index (χ3v) is 5.00. The second-order valence-electron chi connectivity index (χ2n) is 6.56. The minimum atomic E-state index is -0.376. The highest BCUT2D eigenvalue weighted by Crippen LogP contribution is 2.32. The van der Waals surface area contributed by atoms with Crippen LogP contribution in [-0.2, 0) is 11.3 Å². The van der Waals surface area contributed by atoms with Gasteiger partial charge in [-0.25, -0.2) is 4.39 Å². The number of carbonyl (C=O) groups is 1. The van der Waals surface area contributed by atoms with Crippen LogP contribution < -0.4 is 5.32 Å². The Balaban J connectivity index is 1.51. The first-order chi connectivity index (χ1) is 10.5. The maximum absolute atomic E-state index is 13.4. The SMILES string of the molecule is CC1CN(C(=O)C2CC2)CCC1NCc1ccc(Cl)c(F)c1. The highest BCUT2D eigenvalue weighted by atomic mass is 35.5. The average molecular weight is 325 g/mol. The third kappa shape index (κ3) is 3.61. The summed E-state index contributed by atoms with van der Waals surface area (Å²) in [5, 5.41) is 3.65. The molecule has 3 nitrogen and oxygen atoms in total. The van der Waals surface area contributed by atoms with E-state index in [1.165, 1.54) is 6.07 Å². The van der Waals surface area contributed by atoms with Crippen molar-refractivity contribution in [3.05, 3.63) is 34.6 Å². The molecule has 0 spiro atoms. The van der Waals surface area contributed by atoms with Crippen molar-refractivity contribution in [2.45, 2.75) is 38.8 Å². The minimum absolute atomic E-state index is 0.156. The molecule has 1 saturated heterocycles. The van der Waals surface area contributed by atoms with E-state index in [1.54, 1.807) is 6.07 Å². The summed E-state index contributed by atoms with van der Waals surface area (Å²) < 4.78 is 13.4. The molecule has 1 aromatic carbocycles. The van der Waals surface area contributed by atoms with Crippen molar-refractivity contribution in [3.8, 4) is 0 Å². The van der Waals surface area contributed by atoms with Gasteiger partial charge in [0.05, 0.1) is 5.02 Å². The lowest BCUT2D eigenvalue weighted by atomic mass is 9.93. The van der Waals surface area contributed by atoms with Crippen molar-refractivity contribution < 1.29 is 9.18 Å². The fraction of sp³-hybridized carbons (Fsp3) is 0.588. The topological polar surface area (TPSA) is 32.3 Å². The summed E-state index contributed by atoms with van der Waals surface area (Å²) in [5.74, 6) is 0.672. The van der Waals surface area contributed by atoms with E-state index in [0.717, 1.165) is 37.9 Å². The zero-order valence-electron chi connectivity index (χ0n) is 12.8. The van der Waals surface area contributed by atoms with E-state index >= 15 is 0 Å². The first kappa shape index (κ1) is 15.8. The Labute approximate surface area is 135 Å². The standard InChI is InChI=1S/C17H22ClFN2O/c1-11-10-21(17(22)13-3-4-13)7-6-16(11)20-9-12-2-5-14(18)15(19)8-12/h2,5,8,11,13,16,20H,3-4,6-7,9-10H2,1H3. The Hall–Kier alpha value is -1.13. The van der Waals surface area contributed by atoms with Crippen molar-refractivity contribution in [2.75, 3.05) is 13.1 Å². The molecule has 1 aliphatic carbocycles. The average Bonchev–Trinajstić information content (AvgIpc) is 3.33. The molecule has 1 N–H and O–H groups in total. The predicted octanol–water partition coefficient (Wildman–Crippen LogP) is 3.22. The number of piperidine rings is 1. The van der Waals surface area contributed by atoms with E-state index in [2.05, 4.69) is 12.2 Å². The maximum Gasteiger partial charge on any atom is 0.225 e. The number of halogens is 2. The van der Waals surface area contributed by atoms with Gasteiger partial charge in [-0.15, -0.1) is 0 Å². The van der Waals surface area contributed by atoms with Crippen molar-refractivity contribution in [1.29, 1.82) is 0 Å². The van der Waals surface area contributed by atoms with Crippen molar-refractivity contribution in [1.82, 2.24) is 10.2 Å². The smallest absolute Gasteiger partial charge is 0.225 e. The zero-order chi connectivity index (χ0) is 15.7. The van der Waals surface area contributed by atoms with Crippen LogP contribution in [0.4, 0.5) is 4.39 Å². The van der Waals surface area contributed by atoms with Gasteiger partial charge >= 0.3 is 0 Å². The van der Waals surface area contributed by atoms with E-state index in [-0.39, 0.29) is 10.8 Å². The van der Waals surface area contributed by atoms with Crippen molar-refractivity contribution in [2.24, 2.45) is 11.8 Å². The molecular weight excluding hydrogens is 303 g/mol. The van der Waals surface area contributed by atoms with Gasteiger partial charge < -0.3 is 10.2 Å². The molecule has 1 saturated carbocycles. The Bertz CT molecular complexity index is 562. The van der Waals surface area contributed by atoms with E-state index in [1.807, 2.05) is 11.0 Å². The summed E-state index contributed by atoms with van der Waals surface area (Å²) in [6, 6.07) is 5.27. The van der Waals surface area contributed by atoms with Gasteiger partial charge in [-0.2, -0.15) is 0 Å². The lowest BCUT2D eigenvalue weighted by Gasteiger charge is -2.37. The third-order valence-electron chi connectivity index (χ3n) is 4.70. The van der Waals surface area contributed by atoms with Crippen LogP contribution in [0.1, 0.15) is 31.7 Å². The Morgan fingerprint density at radius 2 is 2.18 bits per heavy atom. The van der Waals surface area contributed by atoms with E-state index < -0.39 is 0 Å². The summed E-state index contributed by atoms with van der Waals surface area (Å²) >= 11 is 5.70. The largest absolute Gasteiger partial charge is 0.342 e. The molecule has 120 valence electrons. The number of likely N-dealkylation sites (tertiary alicyclic amines) is 1. The molecule has 1 aromatic rings. The van der Waals surface area contributed by atoms with Crippen molar-refractivity contribution in [3.63, 3.8) is 0 Å². The monoisotopic (exact) mass is 324 g/mol. The van der Waals surface area contributed by atoms with Crippen LogP contribution in [0.2, 0.25) is 5.02 Å². The Morgan fingerprint density at radius 3 is 2.82 bits per heavy atom. The summed E-state index contributed by atoms with van der Waals surface area (Å²) in [4.78, 5) is 14.1. The number of nitrogens with zero attached hydrogens (tertiary/aromatic N) is 1. The highest BCUT2D eigenvalue weighted by Gasteiger charge is 2.36. The second-order valence-corrected chi connectivity index (χ2v) is 6.97. The van der Waals surface area contributed by atoms with Gasteiger partial charge in [-0.1, -0.05) is 24.6 Å². The van der Waals surface area contributed by atoms with E-state index in [9.17, 15) is 9.18 Å². The molecule has 22 heavy (non-hydrogen) atoms. The van der Waals surface area contributed by atoms with Gasteiger partial charge in [0.1, 0.15) is 5.82 Å². The normalized spacial score (nSPS) is 25.3. The molecule has 2 fully saturated rings. The highest BCUT2D eigenvalue weighted by molar-refractivity contribution is 6.30. The first-order valence-electron chi connectivity index (χ1n) is 8.00. The molecule has 1 amide bonds. The molecule has 0 bridgehead atoms. The van der Waals surface area contributed by atoms with Crippen molar-refractivity contribution >= 4 is 17.5 Å². The molecule has 0 aromatic heterocycles. The molecule has 1 heterocycles. The van der Waals surface area contributed by atoms with Crippen LogP contribution in [0.5, 0.6) is 0 Å². The van der Waals surface area contributed by atoms with Gasteiger partial charge in [-0.05, 0) is 42.9 Å². The number of hydrogen-bond acceptors (Lipinski definition) is 2. The number of hydrogen-bond donors (Lipinski definition) is 1. The van der Waals surface area contributed by atoms with Gasteiger partial charge in [0.2, 0.25) is 5.91 Å². The fourth-order valence-electron chi connectivity index (χ4n) is 3.14. The number of nitrogens with one attached hydrogen (secondary N) is 1. The number of carbonyl (C=O) groups excluding carboxylic acids is 1. The number of benzene rings is 1. The number of rotatable bonds is 4.